The van der Waals surface area contributed by atoms with Crippen molar-refractivity contribution in [1.29, 1.82) is 0 Å². The van der Waals surface area contributed by atoms with Crippen molar-refractivity contribution in [3.8, 4) is 0 Å². The van der Waals surface area contributed by atoms with Gasteiger partial charge in [0.1, 0.15) is 11.9 Å². The molecular formula is C18H22F3N3O2S2. The summed E-state index contributed by atoms with van der Waals surface area (Å²) in [5.74, 6) is -0.191. The first kappa shape index (κ1) is 22.6. The van der Waals surface area contributed by atoms with Crippen LogP contribution in [0.4, 0.5) is 13.2 Å². The molecule has 0 spiro atoms. The number of hydrogen-bond donors (Lipinski definition) is 2. The summed E-state index contributed by atoms with van der Waals surface area (Å²) in [6, 6.07) is 2.32. The topological polar surface area (TPSA) is 72.0 Å². The molecule has 0 radical (unpaired) electrons. The van der Waals surface area contributed by atoms with E-state index in [0.717, 1.165) is 5.56 Å². The number of halogens is 3. The Labute approximate surface area is 168 Å². The predicted octanol–water partition coefficient (Wildman–Crippen LogP) is 3.90. The normalized spacial score (nSPS) is 14.8. The summed E-state index contributed by atoms with van der Waals surface area (Å²) in [5, 5.41) is -1.61. The number of aryl methyl sites for hydroxylation is 5. The van der Waals surface area contributed by atoms with E-state index in [2.05, 4.69) is 22.6 Å². The van der Waals surface area contributed by atoms with Crippen LogP contribution in [-0.2, 0) is 10.0 Å². The summed E-state index contributed by atoms with van der Waals surface area (Å²) in [6.07, 6.45) is -4.90. The molecule has 2 rings (SSSR count). The fourth-order valence-electron chi connectivity index (χ4n) is 3.16. The molecule has 0 bridgehead atoms. The summed E-state index contributed by atoms with van der Waals surface area (Å²) >= 11 is 4.02. The molecule has 0 aliphatic carbocycles. The van der Waals surface area contributed by atoms with Crippen LogP contribution in [0, 0.1) is 34.6 Å². The summed E-state index contributed by atoms with van der Waals surface area (Å²) < 4.78 is 68.6. The van der Waals surface area contributed by atoms with Gasteiger partial charge in [0.25, 0.3) is 0 Å². The van der Waals surface area contributed by atoms with Crippen molar-refractivity contribution < 1.29 is 21.6 Å². The molecule has 1 N–H and O–H groups in total. The fraction of sp³-hybridized carbons (Fsp3) is 0.444. The van der Waals surface area contributed by atoms with Crippen molar-refractivity contribution >= 4 is 22.7 Å². The van der Waals surface area contributed by atoms with Gasteiger partial charge in [0, 0.05) is 11.4 Å². The van der Waals surface area contributed by atoms with Crippen LogP contribution in [0.5, 0.6) is 0 Å². The average Bonchev–Trinajstić information content (AvgIpc) is 2.48. The number of aromatic nitrogens is 2. The third-order valence-electron chi connectivity index (χ3n) is 4.09. The number of hydrogen-bond acceptors (Lipinski definition) is 5. The molecule has 10 heteroatoms. The van der Waals surface area contributed by atoms with E-state index in [-0.39, 0.29) is 10.7 Å². The van der Waals surface area contributed by atoms with Gasteiger partial charge in [0.05, 0.1) is 10.1 Å². The van der Waals surface area contributed by atoms with Crippen LogP contribution < -0.4 is 4.72 Å². The summed E-state index contributed by atoms with van der Waals surface area (Å²) in [5.41, 5.74) is 2.48. The van der Waals surface area contributed by atoms with E-state index in [1.54, 1.807) is 57.5 Å². The molecule has 1 heterocycles. The summed E-state index contributed by atoms with van der Waals surface area (Å²) in [7, 11) is -4.47. The number of sulfonamides is 1. The van der Waals surface area contributed by atoms with E-state index < -0.39 is 27.5 Å². The van der Waals surface area contributed by atoms with Crippen molar-refractivity contribution in [1.82, 2.24) is 14.7 Å². The van der Waals surface area contributed by atoms with Gasteiger partial charge >= 0.3 is 6.18 Å². The first-order chi connectivity index (χ1) is 12.7. The molecule has 1 aromatic heterocycles. The highest BCUT2D eigenvalue weighted by Gasteiger charge is 2.48. The molecule has 0 saturated carbocycles. The maximum Gasteiger partial charge on any atom is 0.406 e. The number of alkyl halides is 3. The zero-order chi connectivity index (χ0) is 21.4. The van der Waals surface area contributed by atoms with Gasteiger partial charge in [0.2, 0.25) is 10.0 Å². The molecule has 2 unspecified atom stereocenters. The van der Waals surface area contributed by atoms with E-state index in [0.29, 0.717) is 22.5 Å². The minimum absolute atomic E-state index is 0.172. The number of nitrogens with zero attached hydrogens (tertiary/aromatic N) is 2. The Bertz CT molecular complexity index is 949. The molecule has 0 aliphatic rings. The van der Waals surface area contributed by atoms with Crippen molar-refractivity contribution in [2.75, 3.05) is 0 Å². The highest BCUT2D eigenvalue weighted by Crippen LogP contribution is 2.35. The second kappa shape index (κ2) is 8.00. The van der Waals surface area contributed by atoms with Gasteiger partial charge in [-0.15, -0.1) is 0 Å². The fourth-order valence-corrected chi connectivity index (χ4v) is 5.31. The summed E-state index contributed by atoms with van der Waals surface area (Å²) in [6.45, 7) is 8.10. The summed E-state index contributed by atoms with van der Waals surface area (Å²) in [4.78, 5) is 7.82. The van der Waals surface area contributed by atoms with Crippen LogP contribution in [0.2, 0.25) is 0 Å². The maximum absolute atomic E-state index is 13.7. The Hall–Kier alpha value is -1.65. The average molecular weight is 434 g/mol. The maximum atomic E-state index is 13.7. The molecule has 1 aromatic carbocycles. The van der Waals surface area contributed by atoms with Crippen molar-refractivity contribution in [3.05, 3.63) is 52.1 Å². The van der Waals surface area contributed by atoms with Gasteiger partial charge in [-0.1, -0.05) is 17.7 Å². The third-order valence-corrected chi connectivity index (χ3v) is 6.36. The second-order valence-corrected chi connectivity index (χ2v) is 9.03. The van der Waals surface area contributed by atoms with Gasteiger partial charge < -0.3 is 0 Å². The molecule has 154 valence electrons. The third kappa shape index (κ3) is 5.03. The molecule has 5 nitrogen and oxygen atoms in total. The number of rotatable bonds is 5. The Morgan fingerprint density at radius 1 is 0.964 bits per heavy atom. The van der Waals surface area contributed by atoms with Crippen molar-refractivity contribution in [2.24, 2.45) is 0 Å². The number of thiol groups is 1. The van der Waals surface area contributed by atoms with Crippen LogP contribution >= 0.6 is 12.6 Å². The Morgan fingerprint density at radius 3 is 1.86 bits per heavy atom. The highest BCUT2D eigenvalue weighted by atomic mass is 32.2. The first-order valence-electron chi connectivity index (χ1n) is 8.39. The van der Waals surface area contributed by atoms with Gasteiger partial charge in [-0.2, -0.15) is 30.5 Å². The van der Waals surface area contributed by atoms with Crippen LogP contribution in [0.1, 0.15) is 39.2 Å². The molecule has 28 heavy (non-hydrogen) atoms. The zero-order valence-corrected chi connectivity index (χ0v) is 17.8. The van der Waals surface area contributed by atoms with Crippen LogP contribution in [0.25, 0.3) is 0 Å². The molecule has 0 saturated heterocycles. The van der Waals surface area contributed by atoms with Crippen LogP contribution in [0.3, 0.4) is 0 Å². The Balaban J connectivity index is 2.50. The lowest BCUT2D eigenvalue weighted by molar-refractivity contribution is -0.151. The van der Waals surface area contributed by atoms with Gasteiger partial charge in [-0.25, -0.2) is 18.4 Å². The van der Waals surface area contributed by atoms with Gasteiger partial charge in [-0.3, -0.25) is 0 Å². The van der Waals surface area contributed by atoms with Crippen molar-refractivity contribution in [3.63, 3.8) is 0 Å². The predicted molar refractivity (Wildman–Crippen MR) is 104 cm³/mol. The smallest absolute Gasteiger partial charge is 0.237 e. The lowest BCUT2D eigenvalue weighted by Crippen LogP contribution is -2.48. The molecular weight excluding hydrogens is 411 g/mol. The molecule has 2 aromatic rings. The molecule has 2 atom stereocenters. The second-order valence-electron chi connectivity index (χ2n) is 6.82. The lowest BCUT2D eigenvalue weighted by Gasteiger charge is -2.26. The van der Waals surface area contributed by atoms with Gasteiger partial charge in [-0.05, 0) is 51.8 Å². The standard InChI is InChI=1S/C18H22F3N3O2S2/c1-9-6-10(2)15(11(3)7-9)28(25,26)24-16(18(19,20)21)14(27)17-22-12(4)8-13(5)23-17/h6-8,14,16,24,27H,1-5H3. The minimum Gasteiger partial charge on any atom is -0.237 e. The molecule has 0 amide bonds. The minimum atomic E-state index is -4.90. The number of benzene rings is 1. The van der Waals surface area contributed by atoms with Crippen LogP contribution in [-0.4, -0.2) is 30.6 Å². The quantitative estimate of drug-likeness (QED) is 0.702. The Kier molecular flexibility index (Phi) is 6.47. The largest absolute Gasteiger partial charge is 0.406 e. The SMILES string of the molecule is Cc1cc(C)c(S(=O)(=O)NC(C(S)c2nc(C)cc(C)n2)C(F)(F)F)c(C)c1. The monoisotopic (exact) mass is 433 g/mol. The van der Waals surface area contributed by atoms with Crippen molar-refractivity contribution in [2.45, 2.75) is 57.0 Å². The van der Waals surface area contributed by atoms with Crippen LogP contribution in [0.15, 0.2) is 23.1 Å². The number of nitrogens with one attached hydrogen (secondary N) is 1. The molecule has 0 aliphatic heterocycles. The van der Waals surface area contributed by atoms with E-state index >= 15 is 0 Å². The zero-order valence-electron chi connectivity index (χ0n) is 16.1. The molecule has 0 fully saturated rings. The lowest BCUT2D eigenvalue weighted by atomic mass is 10.1. The van der Waals surface area contributed by atoms with E-state index in [9.17, 15) is 21.6 Å². The highest BCUT2D eigenvalue weighted by molar-refractivity contribution is 7.89. The first-order valence-corrected chi connectivity index (χ1v) is 10.4. The Morgan fingerprint density at radius 2 is 1.43 bits per heavy atom. The van der Waals surface area contributed by atoms with Gasteiger partial charge in [0.15, 0.2) is 0 Å². The van der Waals surface area contributed by atoms with E-state index in [4.69, 9.17) is 0 Å². The van der Waals surface area contributed by atoms with E-state index in [1.807, 2.05) is 0 Å². The van der Waals surface area contributed by atoms with E-state index in [1.165, 1.54) is 0 Å².